The van der Waals surface area contributed by atoms with Crippen LogP contribution in [0.25, 0.3) is 0 Å². The van der Waals surface area contributed by atoms with E-state index in [9.17, 15) is 14.4 Å². The number of carbonyl (C=O) groups excluding carboxylic acids is 3. The highest BCUT2D eigenvalue weighted by Crippen LogP contribution is 2.13. The van der Waals surface area contributed by atoms with Crippen molar-refractivity contribution in [1.82, 2.24) is 5.32 Å². The van der Waals surface area contributed by atoms with Gasteiger partial charge in [0.15, 0.2) is 0 Å². The molecule has 0 aliphatic carbocycles. The summed E-state index contributed by atoms with van der Waals surface area (Å²) >= 11 is 0. The first kappa shape index (κ1) is 32.1. The van der Waals surface area contributed by atoms with Crippen molar-refractivity contribution in [1.29, 1.82) is 0 Å². The normalized spacial score (nSPS) is 10.3. The van der Waals surface area contributed by atoms with Gasteiger partial charge in [-0.1, -0.05) is 133 Å². The molecule has 0 atom stereocenters. The number of amides is 3. The molecule has 0 aromatic heterocycles. The Labute approximate surface area is 224 Å². The maximum absolute atomic E-state index is 11.9. The van der Waals surface area contributed by atoms with E-state index in [-0.39, 0.29) is 17.7 Å². The second-order valence-corrected chi connectivity index (χ2v) is 9.67. The number of nitrogens with two attached hydrogens (primary N) is 1. The maximum atomic E-state index is 11.9. The molecule has 0 radical (unpaired) electrons. The number of benzene rings is 2. The van der Waals surface area contributed by atoms with E-state index in [0.717, 1.165) is 12.8 Å². The molecule has 0 saturated heterocycles. The maximum Gasteiger partial charge on any atom is 0.257 e. The zero-order valence-electron chi connectivity index (χ0n) is 22.9. The summed E-state index contributed by atoms with van der Waals surface area (Å²) in [6, 6.07) is 17.7. The molecule has 2 rings (SSSR count). The lowest BCUT2D eigenvalue weighted by Gasteiger charge is -2.05. The fourth-order valence-electron chi connectivity index (χ4n) is 4.11. The number of nitrogens with one attached hydrogen (secondary N) is 1. The lowest BCUT2D eigenvalue weighted by Crippen LogP contribution is -2.30. The van der Waals surface area contributed by atoms with E-state index in [1.807, 2.05) is 12.1 Å². The number of hydrogen-bond donors (Lipinski definition) is 2. The first-order chi connectivity index (χ1) is 18.0. The monoisotopic (exact) mass is 508 g/mol. The van der Waals surface area contributed by atoms with Crippen LogP contribution in [0.15, 0.2) is 60.7 Å². The van der Waals surface area contributed by atoms with Gasteiger partial charge >= 0.3 is 0 Å². The lowest BCUT2D eigenvalue weighted by molar-refractivity contribution is -0.120. The minimum atomic E-state index is -0.379. The summed E-state index contributed by atoms with van der Waals surface area (Å²) < 4.78 is 0. The van der Waals surface area contributed by atoms with Crippen molar-refractivity contribution in [2.75, 3.05) is 0 Å². The molecule has 3 N–H and O–H groups in total. The molecule has 0 heterocycles. The smallest absolute Gasteiger partial charge is 0.257 e. The van der Waals surface area contributed by atoms with Crippen molar-refractivity contribution < 1.29 is 14.4 Å². The number of rotatable bonds is 18. The van der Waals surface area contributed by atoms with Gasteiger partial charge in [-0.25, -0.2) is 0 Å². The first-order valence-electron chi connectivity index (χ1n) is 14.3. The predicted octanol–water partition coefficient (Wildman–Crippen LogP) is 7.99. The van der Waals surface area contributed by atoms with Gasteiger partial charge < -0.3 is 5.73 Å². The highest BCUT2D eigenvalue weighted by atomic mass is 16.2. The molecule has 0 unspecified atom stereocenters. The Hall–Kier alpha value is -2.95. The first-order valence-corrected chi connectivity index (χ1v) is 14.3. The van der Waals surface area contributed by atoms with Gasteiger partial charge in [0.2, 0.25) is 11.8 Å². The summed E-state index contributed by atoms with van der Waals surface area (Å²) in [5.74, 6) is -0.842. The summed E-state index contributed by atoms with van der Waals surface area (Å²) in [5, 5.41) is 2.47. The van der Waals surface area contributed by atoms with Crippen LogP contribution in [0.1, 0.15) is 130 Å². The van der Waals surface area contributed by atoms with Crippen LogP contribution in [0.3, 0.4) is 0 Å². The number of unbranched alkanes of at least 4 members (excludes halogenated alkanes) is 14. The van der Waals surface area contributed by atoms with E-state index < -0.39 is 0 Å². The molecule has 2 aromatic carbocycles. The van der Waals surface area contributed by atoms with Crippen LogP contribution in [0.4, 0.5) is 0 Å². The van der Waals surface area contributed by atoms with E-state index in [1.54, 1.807) is 48.5 Å². The Balaban J connectivity index is 0.000000635. The van der Waals surface area contributed by atoms with E-state index >= 15 is 0 Å². The van der Waals surface area contributed by atoms with Gasteiger partial charge in [-0.05, 0) is 30.7 Å². The highest BCUT2D eigenvalue weighted by molar-refractivity contribution is 6.04. The van der Waals surface area contributed by atoms with Crippen LogP contribution in [0, 0.1) is 0 Å². The van der Waals surface area contributed by atoms with Crippen LogP contribution in [0.5, 0.6) is 0 Å². The molecular formula is C32H48N2O3. The second-order valence-electron chi connectivity index (χ2n) is 9.67. The van der Waals surface area contributed by atoms with Crippen molar-refractivity contribution in [3.05, 3.63) is 71.8 Å². The molecule has 5 nitrogen and oxygen atoms in total. The number of hydrogen-bond acceptors (Lipinski definition) is 3. The second kappa shape index (κ2) is 22.3. The molecule has 0 fully saturated rings. The standard InChI is InChI=1S/C25H41NO2.C7H7NO/c1-2-3-4-5-6-7-8-9-10-11-12-13-14-15-19-22-24(27)26-25(28)23-20-17-16-18-21-23;8-7(9)6-4-2-1-3-5-6/h16-18,20-21H,2-15,19,22H2,1H3,(H,26,27,28);1-5H,(H2,8,9). The molecule has 3 amide bonds. The summed E-state index contributed by atoms with van der Waals surface area (Å²) in [7, 11) is 0. The largest absolute Gasteiger partial charge is 0.366 e. The van der Waals surface area contributed by atoms with Gasteiger partial charge in [-0.2, -0.15) is 0 Å². The van der Waals surface area contributed by atoms with Crippen molar-refractivity contribution in [2.24, 2.45) is 5.73 Å². The molecule has 0 bridgehead atoms. The molecule has 37 heavy (non-hydrogen) atoms. The Morgan fingerprint density at radius 1 is 0.568 bits per heavy atom. The summed E-state index contributed by atoms with van der Waals surface area (Å²) in [6.45, 7) is 2.27. The topological polar surface area (TPSA) is 89.3 Å². The van der Waals surface area contributed by atoms with E-state index in [2.05, 4.69) is 12.2 Å². The average molecular weight is 509 g/mol. The Morgan fingerprint density at radius 2 is 0.946 bits per heavy atom. The molecule has 0 saturated carbocycles. The molecule has 0 aliphatic rings. The Bertz CT molecular complexity index is 853. The minimum Gasteiger partial charge on any atom is -0.366 e. The van der Waals surface area contributed by atoms with Crippen LogP contribution in [-0.4, -0.2) is 17.7 Å². The van der Waals surface area contributed by atoms with E-state index in [1.165, 1.54) is 83.5 Å². The third kappa shape index (κ3) is 18.0. The van der Waals surface area contributed by atoms with Crippen molar-refractivity contribution in [3.63, 3.8) is 0 Å². The van der Waals surface area contributed by atoms with Crippen molar-refractivity contribution >= 4 is 17.7 Å². The molecule has 0 spiro atoms. The minimum absolute atomic E-state index is 0.163. The van der Waals surface area contributed by atoms with Crippen molar-refractivity contribution in [2.45, 2.75) is 110 Å². The predicted molar refractivity (Wildman–Crippen MR) is 153 cm³/mol. The van der Waals surface area contributed by atoms with Gasteiger partial charge in [-0.15, -0.1) is 0 Å². The molecule has 0 aliphatic heterocycles. The fraction of sp³-hybridized carbons (Fsp3) is 0.531. The van der Waals surface area contributed by atoms with Gasteiger partial charge in [-0.3, -0.25) is 19.7 Å². The number of carbonyl (C=O) groups is 3. The van der Waals surface area contributed by atoms with Crippen LogP contribution in [-0.2, 0) is 4.79 Å². The van der Waals surface area contributed by atoms with Gasteiger partial charge in [0.1, 0.15) is 0 Å². The summed E-state index contributed by atoms with van der Waals surface area (Å²) in [6.07, 6.45) is 20.1. The summed E-state index contributed by atoms with van der Waals surface area (Å²) in [4.78, 5) is 34.1. The molecule has 2 aromatic rings. The van der Waals surface area contributed by atoms with Gasteiger partial charge in [0.05, 0.1) is 0 Å². The lowest BCUT2D eigenvalue weighted by atomic mass is 10.0. The summed E-state index contributed by atoms with van der Waals surface area (Å²) in [5.41, 5.74) is 6.06. The average Bonchev–Trinajstić information content (AvgIpc) is 2.92. The van der Waals surface area contributed by atoms with Crippen LogP contribution < -0.4 is 11.1 Å². The molecule has 5 heteroatoms. The third-order valence-corrected chi connectivity index (χ3v) is 6.35. The third-order valence-electron chi connectivity index (χ3n) is 6.35. The fourth-order valence-corrected chi connectivity index (χ4v) is 4.11. The zero-order valence-corrected chi connectivity index (χ0v) is 22.9. The zero-order chi connectivity index (χ0) is 27.0. The van der Waals surface area contributed by atoms with E-state index in [0.29, 0.717) is 17.5 Å². The Kier molecular flexibility index (Phi) is 19.3. The van der Waals surface area contributed by atoms with Gasteiger partial charge in [0, 0.05) is 17.5 Å². The van der Waals surface area contributed by atoms with Gasteiger partial charge in [0.25, 0.3) is 5.91 Å². The van der Waals surface area contributed by atoms with Crippen molar-refractivity contribution in [3.8, 4) is 0 Å². The van der Waals surface area contributed by atoms with E-state index in [4.69, 9.17) is 5.73 Å². The SMILES string of the molecule is CCCCCCCCCCCCCCCCCC(=O)NC(=O)c1ccccc1.NC(=O)c1ccccc1. The molecule has 204 valence electrons. The highest BCUT2D eigenvalue weighted by Gasteiger charge is 2.09. The molecular weight excluding hydrogens is 460 g/mol. The quantitative estimate of drug-likeness (QED) is 0.200. The Morgan fingerprint density at radius 3 is 1.32 bits per heavy atom. The van der Waals surface area contributed by atoms with Crippen LogP contribution in [0.2, 0.25) is 0 Å². The number of imide groups is 1. The van der Waals surface area contributed by atoms with Crippen LogP contribution >= 0.6 is 0 Å². The number of primary amides is 1.